The molecule has 0 atom stereocenters. The maximum atomic E-state index is 6.03. The van der Waals surface area contributed by atoms with Gasteiger partial charge in [0.25, 0.3) is 0 Å². The first-order valence-electron chi connectivity index (χ1n) is 4.35. The first-order valence-corrected chi connectivity index (χ1v) is 4.72. The van der Waals surface area contributed by atoms with E-state index >= 15 is 0 Å². The van der Waals surface area contributed by atoms with Crippen LogP contribution >= 0.6 is 11.6 Å². The van der Waals surface area contributed by atoms with Crippen LogP contribution in [0.3, 0.4) is 0 Å². The van der Waals surface area contributed by atoms with E-state index in [1.54, 1.807) is 6.20 Å². The van der Waals surface area contributed by atoms with Crippen molar-refractivity contribution in [2.75, 3.05) is 7.11 Å². The molecule has 0 aliphatic rings. The fourth-order valence-corrected chi connectivity index (χ4v) is 1.43. The number of benzene rings is 1. The van der Waals surface area contributed by atoms with E-state index < -0.39 is 0 Å². The van der Waals surface area contributed by atoms with E-state index in [4.69, 9.17) is 16.3 Å². The number of methoxy groups -OCH3 is 1. The van der Waals surface area contributed by atoms with Gasteiger partial charge in [0.2, 0.25) is 0 Å². The van der Waals surface area contributed by atoms with Gasteiger partial charge >= 0.3 is 6.01 Å². The van der Waals surface area contributed by atoms with Crippen molar-refractivity contribution in [1.82, 2.24) is 9.97 Å². The number of rotatable bonds is 2. The van der Waals surface area contributed by atoms with Crippen LogP contribution in [0.15, 0.2) is 30.5 Å². The molecule has 2 aromatic rings. The molecule has 0 spiro atoms. The van der Waals surface area contributed by atoms with Gasteiger partial charge in [-0.05, 0) is 6.07 Å². The smallest absolute Gasteiger partial charge is 0.316 e. The molecule has 0 amide bonds. The molecular formula is C11H8ClN2O. The highest BCUT2D eigenvalue weighted by Crippen LogP contribution is 2.26. The highest BCUT2D eigenvalue weighted by atomic mass is 35.5. The minimum Gasteiger partial charge on any atom is -0.467 e. The van der Waals surface area contributed by atoms with Crippen molar-refractivity contribution >= 4 is 11.6 Å². The van der Waals surface area contributed by atoms with E-state index in [0.717, 1.165) is 11.1 Å². The SMILES string of the molecule is COc1n[c]c(-c2ccccc2Cl)cn1. The summed E-state index contributed by atoms with van der Waals surface area (Å²) >= 11 is 6.03. The van der Waals surface area contributed by atoms with Gasteiger partial charge in [0.15, 0.2) is 0 Å². The van der Waals surface area contributed by atoms with Gasteiger partial charge in [-0.15, -0.1) is 0 Å². The van der Waals surface area contributed by atoms with Crippen molar-refractivity contribution in [3.05, 3.63) is 41.7 Å². The third kappa shape index (κ3) is 2.07. The Kier molecular flexibility index (Phi) is 2.83. The average molecular weight is 220 g/mol. The Morgan fingerprint density at radius 3 is 2.73 bits per heavy atom. The Bertz CT molecular complexity index is 456. The molecule has 75 valence electrons. The molecule has 0 N–H and O–H groups in total. The molecule has 0 saturated carbocycles. The summed E-state index contributed by atoms with van der Waals surface area (Å²) in [5.41, 5.74) is 1.61. The van der Waals surface area contributed by atoms with Gasteiger partial charge < -0.3 is 4.74 Å². The number of ether oxygens (including phenoxy) is 1. The first-order chi connectivity index (χ1) is 7.31. The molecule has 0 aliphatic heterocycles. The van der Waals surface area contributed by atoms with Crippen molar-refractivity contribution in [1.29, 1.82) is 0 Å². The molecule has 0 unspecified atom stereocenters. The molecule has 15 heavy (non-hydrogen) atoms. The summed E-state index contributed by atoms with van der Waals surface area (Å²) in [7, 11) is 1.51. The zero-order valence-electron chi connectivity index (χ0n) is 8.07. The molecule has 1 radical (unpaired) electrons. The van der Waals surface area contributed by atoms with Crippen molar-refractivity contribution in [2.24, 2.45) is 0 Å². The van der Waals surface area contributed by atoms with Crippen LogP contribution in [0.25, 0.3) is 11.1 Å². The summed E-state index contributed by atoms with van der Waals surface area (Å²) in [6.07, 6.45) is 4.46. The van der Waals surface area contributed by atoms with E-state index in [9.17, 15) is 0 Å². The molecule has 1 aromatic carbocycles. The lowest BCUT2D eigenvalue weighted by atomic mass is 10.1. The van der Waals surface area contributed by atoms with Crippen molar-refractivity contribution < 1.29 is 4.74 Å². The van der Waals surface area contributed by atoms with Crippen LogP contribution < -0.4 is 4.74 Å². The summed E-state index contributed by atoms with van der Waals surface area (Å²) in [5, 5.41) is 0.655. The summed E-state index contributed by atoms with van der Waals surface area (Å²) in [4.78, 5) is 7.89. The normalized spacial score (nSPS) is 10.0. The molecule has 0 saturated heterocycles. The lowest BCUT2D eigenvalue weighted by Crippen LogP contribution is -1.92. The zero-order valence-corrected chi connectivity index (χ0v) is 8.82. The van der Waals surface area contributed by atoms with Crippen LogP contribution in [0, 0.1) is 6.20 Å². The highest BCUT2D eigenvalue weighted by Gasteiger charge is 2.04. The zero-order chi connectivity index (χ0) is 10.7. The molecule has 0 fully saturated rings. The lowest BCUT2D eigenvalue weighted by Gasteiger charge is -2.02. The predicted octanol–water partition coefficient (Wildman–Crippen LogP) is 2.61. The fraction of sp³-hybridized carbons (Fsp3) is 0.0909. The van der Waals surface area contributed by atoms with E-state index in [0.29, 0.717) is 11.0 Å². The Balaban J connectivity index is 2.42. The Morgan fingerprint density at radius 2 is 2.13 bits per heavy atom. The largest absolute Gasteiger partial charge is 0.467 e. The number of hydrogen-bond acceptors (Lipinski definition) is 3. The average Bonchev–Trinajstić information content (AvgIpc) is 2.30. The maximum absolute atomic E-state index is 6.03. The fourth-order valence-electron chi connectivity index (χ4n) is 1.19. The molecule has 0 aliphatic carbocycles. The maximum Gasteiger partial charge on any atom is 0.316 e. The van der Waals surface area contributed by atoms with Crippen molar-refractivity contribution in [3.8, 4) is 17.1 Å². The van der Waals surface area contributed by atoms with Crippen LogP contribution in [0.2, 0.25) is 5.02 Å². The van der Waals surface area contributed by atoms with Crippen LogP contribution in [0.4, 0.5) is 0 Å². The van der Waals surface area contributed by atoms with Gasteiger partial charge in [0.05, 0.1) is 7.11 Å². The lowest BCUT2D eigenvalue weighted by molar-refractivity contribution is 0.379. The predicted molar refractivity (Wildman–Crippen MR) is 57.9 cm³/mol. The highest BCUT2D eigenvalue weighted by molar-refractivity contribution is 6.33. The number of nitrogens with zero attached hydrogens (tertiary/aromatic N) is 2. The third-order valence-corrected chi connectivity index (χ3v) is 2.25. The molecule has 1 aromatic heterocycles. The molecule has 0 bridgehead atoms. The second kappa shape index (κ2) is 4.28. The van der Waals surface area contributed by atoms with Gasteiger partial charge in [0, 0.05) is 22.3 Å². The van der Waals surface area contributed by atoms with Crippen LogP contribution in [0.5, 0.6) is 6.01 Å². The molecule has 1 heterocycles. The van der Waals surface area contributed by atoms with Gasteiger partial charge in [-0.3, -0.25) is 0 Å². The van der Waals surface area contributed by atoms with Crippen LogP contribution in [-0.2, 0) is 0 Å². The Hall–Kier alpha value is -1.61. The molecule has 2 rings (SSSR count). The number of aromatic nitrogens is 2. The topological polar surface area (TPSA) is 35.0 Å². The minimum atomic E-state index is 0.297. The molecule has 3 nitrogen and oxygen atoms in total. The first kappa shape index (κ1) is 9.93. The number of halogens is 1. The summed E-state index contributed by atoms with van der Waals surface area (Å²) in [6.45, 7) is 0. The minimum absolute atomic E-state index is 0.297. The van der Waals surface area contributed by atoms with E-state index in [-0.39, 0.29) is 0 Å². The second-order valence-corrected chi connectivity index (χ2v) is 3.27. The third-order valence-electron chi connectivity index (χ3n) is 1.92. The molecule has 4 heteroatoms. The van der Waals surface area contributed by atoms with Crippen LogP contribution in [-0.4, -0.2) is 17.1 Å². The quantitative estimate of drug-likeness (QED) is 0.779. The summed E-state index contributed by atoms with van der Waals surface area (Å²) < 4.78 is 4.85. The van der Waals surface area contributed by atoms with Gasteiger partial charge in [-0.25, -0.2) is 4.98 Å². The summed E-state index contributed by atoms with van der Waals surface area (Å²) in [5.74, 6) is 0. The number of hydrogen-bond donors (Lipinski definition) is 0. The Morgan fingerprint density at radius 1 is 1.33 bits per heavy atom. The van der Waals surface area contributed by atoms with Gasteiger partial charge in [-0.1, -0.05) is 29.8 Å². The van der Waals surface area contributed by atoms with Gasteiger partial charge in [-0.2, -0.15) is 4.98 Å². The Labute approximate surface area is 92.7 Å². The van der Waals surface area contributed by atoms with Crippen molar-refractivity contribution in [3.63, 3.8) is 0 Å². The van der Waals surface area contributed by atoms with E-state index in [1.807, 2.05) is 24.3 Å². The van der Waals surface area contributed by atoms with E-state index in [2.05, 4.69) is 16.2 Å². The molecular weight excluding hydrogens is 212 g/mol. The standard InChI is InChI=1S/C11H8ClN2O/c1-15-11-13-6-8(7-14-11)9-4-2-3-5-10(9)12/h2-6H,1H3. The van der Waals surface area contributed by atoms with Crippen LogP contribution in [0.1, 0.15) is 0 Å². The monoisotopic (exact) mass is 219 g/mol. The van der Waals surface area contributed by atoms with Gasteiger partial charge in [0.1, 0.15) is 6.20 Å². The summed E-state index contributed by atoms with van der Waals surface area (Å²) in [6, 6.07) is 7.78. The van der Waals surface area contributed by atoms with Crippen molar-refractivity contribution in [2.45, 2.75) is 0 Å². The van der Waals surface area contributed by atoms with E-state index in [1.165, 1.54) is 7.11 Å². The second-order valence-electron chi connectivity index (χ2n) is 2.86.